The molecule has 4 aromatic heterocycles. The van der Waals surface area contributed by atoms with E-state index in [1.807, 2.05) is 25.1 Å². The van der Waals surface area contributed by atoms with Crippen LogP contribution < -0.4 is 59.7 Å². The number of halogens is 7. The Labute approximate surface area is 526 Å². The summed E-state index contributed by atoms with van der Waals surface area (Å²) in [5.41, 5.74) is -2.63. The van der Waals surface area contributed by atoms with Gasteiger partial charge in [0.2, 0.25) is 35.4 Å². The lowest BCUT2D eigenvalue weighted by molar-refractivity contribution is -0.148. The fourth-order valence-electron chi connectivity index (χ4n) is 7.36. The Balaban J connectivity index is 0.000000258. The zero-order valence-corrected chi connectivity index (χ0v) is 51.4. The Morgan fingerprint density at radius 1 is 0.691 bits per heavy atom. The second-order valence-corrected chi connectivity index (χ2v) is 21.5. The van der Waals surface area contributed by atoms with E-state index in [0.717, 1.165) is 31.2 Å². The van der Waals surface area contributed by atoms with Crippen LogP contribution in [0.15, 0.2) is 123 Å². The number of urea groups is 2. The lowest BCUT2D eigenvalue weighted by Gasteiger charge is -2.17. The van der Waals surface area contributed by atoms with Crippen molar-refractivity contribution in [3.05, 3.63) is 152 Å². The highest BCUT2D eigenvalue weighted by atomic mass is 32.2. The number of amides is 5. The van der Waals surface area contributed by atoms with Crippen molar-refractivity contribution in [3.63, 3.8) is 0 Å². The number of benzene rings is 3. The molecule has 5 N–H and O–H groups in total. The van der Waals surface area contributed by atoms with E-state index >= 15 is 0 Å². The lowest BCUT2D eigenvalue weighted by atomic mass is 10.1. The van der Waals surface area contributed by atoms with E-state index in [4.69, 9.17) is 28.8 Å². The average molecular weight is 1370 g/mol. The summed E-state index contributed by atoms with van der Waals surface area (Å²) in [4.78, 5) is 102. The van der Waals surface area contributed by atoms with Crippen LogP contribution in [0.4, 0.5) is 52.2 Å². The predicted octanol–water partition coefficient (Wildman–Crippen LogP) is 5.63. The number of sulfonamides is 2. The number of nitrogens with one attached hydrogen (secondary N) is 4. The minimum Gasteiger partial charge on any atom is -0.489 e. The molecule has 4 heterocycles. The minimum atomic E-state index is -4.84. The third-order valence-corrected chi connectivity index (χ3v) is 14.3. The molecule has 0 aliphatic carbocycles. The molecule has 1 atom stereocenters. The number of ether oxygens (including phenoxy) is 7. The normalized spacial score (nSPS) is 11.5. The quantitative estimate of drug-likeness (QED) is 0.0405. The van der Waals surface area contributed by atoms with Gasteiger partial charge in [-0.2, -0.15) is 59.1 Å². The fraction of sp³-hybridized carbons (Fsp3) is 0.259. The van der Waals surface area contributed by atoms with Gasteiger partial charge in [0.1, 0.15) is 28.7 Å². The lowest BCUT2D eigenvalue weighted by Crippen LogP contribution is -2.40. The number of rotatable bonds is 22. The van der Waals surface area contributed by atoms with Crippen molar-refractivity contribution in [2.75, 3.05) is 46.1 Å². The Hall–Kier alpha value is -11.2. The molecule has 504 valence electrons. The molecular weight excluding hydrogens is 1320 g/mol. The standard InChI is InChI=1S/C25H25F3N2O6.C15H18N6O6S.C14H10F4N4O7S/c1-5-16-6-7-17(20(12-16)36-15(2)23(32)34-4)14-35-19-10-8-18(9-11-19)30-22(31)13-21(25(26,27)28)29(3)24(30)33;1-21(2)13(22)9-6-5-7-16-12(9)28(24,25)20-15(23)19-14-17-10(26-3)8-11(18-14)27-4;15-11(16)28-8-5-9(29-12(17)18)20-13(19-8)21-14(25)22-30(26,27)7-4-2-1-3-6(7)10(23)24/h6-13,15H,5,14H2,1-4H3;5-8H,1-4H3,(H2,17,18,19,20,23);1-5,11-12H,(H,23,24)(H2,19,20,21,22,25). The minimum absolute atomic E-state index is 0.0779. The highest BCUT2D eigenvalue weighted by Crippen LogP contribution is 2.29. The predicted molar refractivity (Wildman–Crippen MR) is 309 cm³/mol. The van der Waals surface area contributed by atoms with Crippen molar-refractivity contribution >= 4 is 61.9 Å². The van der Waals surface area contributed by atoms with Crippen molar-refractivity contribution in [1.29, 1.82) is 0 Å². The molecule has 0 fully saturated rings. The van der Waals surface area contributed by atoms with E-state index in [0.29, 0.717) is 38.3 Å². The summed E-state index contributed by atoms with van der Waals surface area (Å²) in [6.45, 7) is -3.19. The van der Waals surface area contributed by atoms with E-state index in [-0.39, 0.29) is 35.6 Å². The number of nitrogens with zero attached hydrogens (tertiary/aromatic N) is 8. The van der Waals surface area contributed by atoms with Gasteiger partial charge >= 0.3 is 49.1 Å². The van der Waals surface area contributed by atoms with Gasteiger partial charge in [0, 0.05) is 39.0 Å². The van der Waals surface area contributed by atoms with Gasteiger partial charge in [-0.15, -0.1) is 0 Å². The van der Waals surface area contributed by atoms with Gasteiger partial charge in [0.15, 0.2) is 11.1 Å². The topological polar surface area (TPSA) is 398 Å². The number of aromatic nitrogens is 7. The van der Waals surface area contributed by atoms with Gasteiger partial charge in [-0.1, -0.05) is 31.2 Å². The van der Waals surface area contributed by atoms with Crippen LogP contribution in [0.1, 0.15) is 51.4 Å². The number of carboxylic acid groups (broad SMARTS) is 1. The molecule has 40 heteroatoms. The summed E-state index contributed by atoms with van der Waals surface area (Å²) < 4.78 is 176. The first kappa shape index (κ1) is 73.5. The Morgan fingerprint density at radius 3 is 1.73 bits per heavy atom. The summed E-state index contributed by atoms with van der Waals surface area (Å²) in [7, 11) is -1.34. The molecule has 0 saturated carbocycles. The van der Waals surface area contributed by atoms with Crippen LogP contribution in [0.2, 0.25) is 0 Å². The number of alkyl halides is 7. The Kier molecular flexibility index (Phi) is 25.2. The number of carbonyl (C=O) groups is 5. The number of hydrogen-bond acceptors (Lipinski definition) is 23. The van der Waals surface area contributed by atoms with Gasteiger partial charge in [-0.3, -0.25) is 24.8 Å². The van der Waals surface area contributed by atoms with Gasteiger partial charge in [-0.25, -0.2) is 51.4 Å². The first-order valence-electron chi connectivity index (χ1n) is 26.0. The highest BCUT2D eigenvalue weighted by Gasteiger charge is 2.35. The molecule has 5 amide bonds. The summed E-state index contributed by atoms with van der Waals surface area (Å²) in [5.74, 6) is -4.80. The monoisotopic (exact) mass is 1370 g/mol. The Morgan fingerprint density at radius 2 is 1.22 bits per heavy atom. The number of esters is 1. The zero-order valence-electron chi connectivity index (χ0n) is 49.8. The summed E-state index contributed by atoms with van der Waals surface area (Å²) >= 11 is 0. The van der Waals surface area contributed by atoms with Crippen molar-refractivity contribution in [1.82, 2.24) is 48.4 Å². The smallest absolute Gasteiger partial charge is 0.431 e. The van der Waals surface area contributed by atoms with Crippen LogP contribution in [0, 0.1) is 0 Å². The van der Waals surface area contributed by atoms with Gasteiger partial charge in [0.25, 0.3) is 31.5 Å². The van der Waals surface area contributed by atoms with Crippen molar-refractivity contribution in [2.45, 2.75) is 62.3 Å². The maximum atomic E-state index is 13.1. The van der Waals surface area contributed by atoms with Gasteiger partial charge < -0.3 is 43.2 Å². The average Bonchev–Trinajstić information content (AvgIpc) is 0.800. The van der Waals surface area contributed by atoms with E-state index < -0.39 is 126 Å². The largest absolute Gasteiger partial charge is 0.489 e. The second-order valence-electron chi connectivity index (χ2n) is 18.3. The van der Waals surface area contributed by atoms with Crippen molar-refractivity contribution in [3.8, 4) is 40.7 Å². The first-order chi connectivity index (χ1) is 44.1. The molecule has 0 spiro atoms. The van der Waals surface area contributed by atoms with Gasteiger partial charge in [0.05, 0.1) is 50.3 Å². The maximum Gasteiger partial charge on any atom is 0.431 e. The molecule has 7 rings (SSSR count). The van der Waals surface area contributed by atoms with Gasteiger partial charge in [-0.05, 0) is 73.5 Å². The molecule has 0 saturated heterocycles. The number of methoxy groups -OCH3 is 3. The fourth-order valence-corrected chi connectivity index (χ4v) is 9.50. The molecule has 7 aromatic rings. The van der Waals surface area contributed by atoms with Crippen LogP contribution in [0.25, 0.3) is 5.69 Å². The molecule has 1 unspecified atom stereocenters. The number of pyridine rings is 1. The molecule has 0 bridgehead atoms. The van der Waals surface area contributed by atoms with E-state index in [9.17, 15) is 81.1 Å². The van der Waals surface area contributed by atoms with Crippen molar-refractivity contribution in [2.24, 2.45) is 7.05 Å². The van der Waals surface area contributed by atoms with E-state index in [2.05, 4.69) is 39.7 Å². The van der Waals surface area contributed by atoms with Crippen LogP contribution >= 0.6 is 0 Å². The maximum absolute atomic E-state index is 13.1. The first-order valence-corrected chi connectivity index (χ1v) is 29.0. The highest BCUT2D eigenvalue weighted by molar-refractivity contribution is 7.90. The summed E-state index contributed by atoms with van der Waals surface area (Å²) in [6, 6.07) is 17.8. The molecule has 3 aromatic carbocycles. The third-order valence-electron chi connectivity index (χ3n) is 11.6. The number of carbonyl (C=O) groups excluding carboxylic acids is 4. The number of carboxylic acids is 1. The zero-order chi connectivity index (χ0) is 70.0. The third kappa shape index (κ3) is 20.4. The van der Waals surface area contributed by atoms with Crippen LogP contribution in [-0.4, -0.2) is 146 Å². The van der Waals surface area contributed by atoms with E-state index in [1.165, 1.54) is 106 Å². The van der Waals surface area contributed by atoms with Crippen molar-refractivity contribution < 1.29 is 110 Å². The molecular formula is C54H53F7N12O19S2. The SMILES string of the molecule is CCc1ccc(COc2ccc(-n3c(=O)cc(C(F)(F)F)n(C)c3=O)cc2)c(OC(C)C(=O)OC)c1.COc1cc(OC)nc(NC(=O)NS(=O)(=O)c2ncccc2C(=O)N(C)C)n1.O=C(Nc1nc(OC(F)F)cc(OC(F)F)n1)NS(=O)(=O)c1ccccc1C(=O)O. The van der Waals surface area contributed by atoms with Crippen LogP contribution in [0.3, 0.4) is 0 Å². The summed E-state index contributed by atoms with van der Waals surface area (Å²) in [6.07, 6.45) is -3.72. The summed E-state index contributed by atoms with van der Waals surface area (Å²) in [5, 5.41) is 12.3. The molecule has 0 aliphatic heterocycles. The molecule has 0 aliphatic rings. The number of hydrogen-bond donors (Lipinski definition) is 5. The number of aryl methyl sites for hydroxylation is 1. The second kappa shape index (κ2) is 32.2. The van der Waals surface area contributed by atoms with Crippen LogP contribution in [0.5, 0.6) is 35.0 Å². The molecule has 0 radical (unpaired) electrons. The van der Waals surface area contributed by atoms with E-state index in [1.54, 1.807) is 17.0 Å². The van der Waals surface area contributed by atoms with Crippen LogP contribution in [-0.2, 0) is 55.8 Å². The molecule has 94 heavy (non-hydrogen) atoms. The number of anilines is 2. The number of aromatic carboxylic acids is 1. The Bertz CT molecular complexity index is 4210. The molecule has 31 nitrogen and oxygen atoms in total.